The molecule has 1 heterocycles. The van der Waals surface area contributed by atoms with Crippen LogP contribution in [0.15, 0.2) is 54.6 Å². The lowest BCUT2D eigenvalue weighted by Crippen LogP contribution is -2.55. The summed E-state index contributed by atoms with van der Waals surface area (Å²) < 4.78 is 5.91. The molecule has 41 heavy (non-hydrogen) atoms. The number of likely N-dealkylation sites (N-methyl/N-ethyl adjacent to an activating group) is 1. The minimum Gasteiger partial charge on any atom is -0.489 e. The zero-order valence-electron chi connectivity index (χ0n) is 25.4. The molecule has 0 aromatic heterocycles. The molecule has 0 spiro atoms. The van der Waals surface area contributed by atoms with Gasteiger partial charge in [-0.2, -0.15) is 0 Å². The maximum Gasteiger partial charge on any atom is 0.242 e. The van der Waals surface area contributed by atoms with Crippen molar-refractivity contribution in [3.8, 4) is 5.75 Å². The number of carbonyl (C=O) groups excluding carboxylic acids is 3. The Hall–Kier alpha value is -3.39. The molecule has 1 saturated heterocycles. The van der Waals surface area contributed by atoms with Gasteiger partial charge in [-0.3, -0.25) is 19.3 Å². The lowest BCUT2D eigenvalue weighted by Gasteiger charge is -2.32. The first-order chi connectivity index (χ1) is 19.6. The Morgan fingerprint density at radius 3 is 2.29 bits per heavy atom. The van der Waals surface area contributed by atoms with Crippen LogP contribution >= 0.6 is 0 Å². The van der Waals surface area contributed by atoms with Gasteiger partial charge in [0.25, 0.3) is 0 Å². The van der Waals surface area contributed by atoms with Gasteiger partial charge in [-0.1, -0.05) is 56.3 Å². The van der Waals surface area contributed by atoms with Gasteiger partial charge >= 0.3 is 0 Å². The summed E-state index contributed by atoms with van der Waals surface area (Å²) in [6, 6.07) is 16.8. The Bertz CT molecular complexity index is 1100. The van der Waals surface area contributed by atoms with Crippen LogP contribution in [0.2, 0.25) is 0 Å². The van der Waals surface area contributed by atoms with Gasteiger partial charge in [0.2, 0.25) is 17.7 Å². The van der Waals surface area contributed by atoms with Gasteiger partial charge in [-0.25, -0.2) is 0 Å². The average molecular weight is 565 g/mol. The normalized spacial score (nSPS) is 14.9. The summed E-state index contributed by atoms with van der Waals surface area (Å²) in [4.78, 5) is 42.7. The van der Waals surface area contributed by atoms with Crippen LogP contribution < -0.4 is 15.4 Å². The molecule has 3 amide bonds. The van der Waals surface area contributed by atoms with Crippen molar-refractivity contribution in [2.75, 3.05) is 26.7 Å². The molecule has 3 rings (SSSR count). The van der Waals surface area contributed by atoms with Crippen LogP contribution in [0.3, 0.4) is 0 Å². The quantitative estimate of drug-likeness (QED) is 0.299. The number of likely N-dealkylation sites (tertiary alicyclic amines) is 1. The van der Waals surface area contributed by atoms with Crippen LogP contribution in [0.5, 0.6) is 5.75 Å². The first-order valence-electron chi connectivity index (χ1n) is 15.0. The van der Waals surface area contributed by atoms with E-state index in [-0.39, 0.29) is 29.8 Å². The fraction of sp³-hybridized carbons (Fsp3) is 0.545. The number of benzene rings is 2. The van der Waals surface area contributed by atoms with Gasteiger partial charge in [0.1, 0.15) is 18.4 Å². The zero-order valence-corrected chi connectivity index (χ0v) is 25.4. The van der Waals surface area contributed by atoms with E-state index < -0.39 is 6.04 Å². The van der Waals surface area contributed by atoms with Crippen molar-refractivity contribution in [3.63, 3.8) is 0 Å². The van der Waals surface area contributed by atoms with E-state index in [9.17, 15) is 14.4 Å². The topological polar surface area (TPSA) is 91.0 Å². The van der Waals surface area contributed by atoms with Crippen LogP contribution in [-0.4, -0.2) is 72.3 Å². The van der Waals surface area contributed by atoms with Crippen molar-refractivity contribution in [1.82, 2.24) is 20.4 Å². The molecule has 2 aromatic rings. The third-order valence-electron chi connectivity index (χ3n) is 7.62. The SMILES string of the molecule is CC(C)C[C@H](C(=O)N[C@@H](Cc1ccc(OCc2ccccc2)cc1)C(=O)NCCCN1CCCC1=O)N(C)C(C)C. The molecule has 224 valence electrons. The van der Waals surface area contributed by atoms with E-state index in [1.165, 1.54) is 0 Å². The second kappa shape index (κ2) is 16.2. The molecule has 8 nitrogen and oxygen atoms in total. The Morgan fingerprint density at radius 2 is 1.68 bits per heavy atom. The summed E-state index contributed by atoms with van der Waals surface area (Å²) in [5.74, 6) is 0.903. The molecule has 0 unspecified atom stereocenters. The van der Waals surface area contributed by atoms with Crippen molar-refractivity contribution in [2.24, 2.45) is 5.92 Å². The molecular formula is C33H48N4O4. The van der Waals surface area contributed by atoms with E-state index >= 15 is 0 Å². The molecule has 2 aromatic carbocycles. The lowest BCUT2D eigenvalue weighted by molar-refractivity contribution is -0.132. The van der Waals surface area contributed by atoms with E-state index in [4.69, 9.17) is 4.74 Å². The van der Waals surface area contributed by atoms with E-state index in [0.29, 0.717) is 51.3 Å². The minimum atomic E-state index is -0.720. The van der Waals surface area contributed by atoms with E-state index in [2.05, 4.69) is 43.2 Å². The highest BCUT2D eigenvalue weighted by Crippen LogP contribution is 2.17. The molecule has 2 N–H and O–H groups in total. The Kier molecular flexibility index (Phi) is 12.7. The van der Waals surface area contributed by atoms with Gasteiger partial charge in [0.05, 0.1) is 6.04 Å². The first kappa shape index (κ1) is 32.1. The molecule has 1 aliphatic rings. The summed E-state index contributed by atoms with van der Waals surface area (Å²) in [6.45, 7) is 10.7. The van der Waals surface area contributed by atoms with E-state index in [1.54, 1.807) is 0 Å². The summed E-state index contributed by atoms with van der Waals surface area (Å²) in [7, 11) is 1.96. The molecule has 2 atom stereocenters. The standard InChI is InChI=1S/C33H48N4O4/c1-24(2)21-30(36(5)25(3)4)33(40)35-29(32(39)34-18-10-20-37-19-9-13-31(37)38)22-26-14-16-28(17-15-26)41-23-27-11-7-6-8-12-27/h6-8,11-12,14-17,24-25,29-30H,9-10,13,18-23H2,1-5H3,(H,34,39)(H,35,40)/t29-,30+/m0/s1. The van der Waals surface area contributed by atoms with Crippen molar-refractivity contribution in [3.05, 3.63) is 65.7 Å². The van der Waals surface area contributed by atoms with Crippen LogP contribution in [0.1, 0.15) is 64.5 Å². The molecule has 8 heteroatoms. The van der Waals surface area contributed by atoms with Gasteiger partial charge < -0.3 is 20.3 Å². The molecule has 1 fully saturated rings. The minimum absolute atomic E-state index is 0.138. The second-order valence-electron chi connectivity index (χ2n) is 11.7. The summed E-state index contributed by atoms with van der Waals surface area (Å²) in [6.07, 6.45) is 3.25. The van der Waals surface area contributed by atoms with Crippen LogP contribution in [0, 0.1) is 5.92 Å². The third kappa shape index (κ3) is 10.5. The first-order valence-corrected chi connectivity index (χ1v) is 15.0. The third-order valence-corrected chi connectivity index (χ3v) is 7.62. The fourth-order valence-corrected chi connectivity index (χ4v) is 4.99. The molecule has 1 aliphatic heterocycles. The second-order valence-corrected chi connectivity index (χ2v) is 11.7. The van der Waals surface area contributed by atoms with Crippen LogP contribution in [0.25, 0.3) is 0 Å². The number of rotatable bonds is 16. The molecular weight excluding hydrogens is 516 g/mol. The summed E-state index contributed by atoms with van der Waals surface area (Å²) in [5, 5.41) is 6.07. The number of hydrogen-bond acceptors (Lipinski definition) is 5. The van der Waals surface area contributed by atoms with Crippen molar-refractivity contribution in [2.45, 2.75) is 84.5 Å². The van der Waals surface area contributed by atoms with Gasteiger partial charge in [-0.05, 0) is 69.3 Å². The number of hydrogen-bond donors (Lipinski definition) is 2. The average Bonchev–Trinajstić information content (AvgIpc) is 3.37. The Labute approximate surface area is 245 Å². The predicted octanol–water partition coefficient (Wildman–Crippen LogP) is 4.18. The summed E-state index contributed by atoms with van der Waals surface area (Å²) >= 11 is 0. The maximum atomic E-state index is 13.5. The van der Waals surface area contributed by atoms with Gasteiger partial charge in [0, 0.05) is 38.5 Å². The van der Waals surface area contributed by atoms with Crippen LogP contribution in [-0.2, 0) is 27.4 Å². The predicted molar refractivity (Wildman–Crippen MR) is 162 cm³/mol. The Morgan fingerprint density at radius 1 is 0.976 bits per heavy atom. The molecule has 0 bridgehead atoms. The van der Waals surface area contributed by atoms with Crippen LogP contribution in [0.4, 0.5) is 0 Å². The highest BCUT2D eigenvalue weighted by Gasteiger charge is 2.30. The smallest absolute Gasteiger partial charge is 0.242 e. The maximum absolute atomic E-state index is 13.5. The highest BCUT2D eigenvalue weighted by molar-refractivity contribution is 5.90. The molecule has 0 radical (unpaired) electrons. The lowest BCUT2D eigenvalue weighted by atomic mass is 9.99. The number of nitrogens with zero attached hydrogens (tertiary/aromatic N) is 2. The van der Waals surface area contributed by atoms with Gasteiger partial charge in [-0.15, -0.1) is 0 Å². The van der Waals surface area contributed by atoms with Crippen molar-refractivity contribution >= 4 is 17.7 Å². The number of amides is 3. The zero-order chi connectivity index (χ0) is 29.8. The number of nitrogens with one attached hydrogen (secondary N) is 2. The highest BCUT2D eigenvalue weighted by atomic mass is 16.5. The summed E-state index contributed by atoms with van der Waals surface area (Å²) in [5.41, 5.74) is 2.02. The Balaban J connectivity index is 1.65. The largest absolute Gasteiger partial charge is 0.489 e. The molecule has 0 aliphatic carbocycles. The van der Waals surface area contributed by atoms with Crippen molar-refractivity contribution in [1.29, 1.82) is 0 Å². The van der Waals surface area contributed by atoms with E-state index in [0.717, 1.165) is 29.8 Å². The molecule has 0 saturated carbocycles. The van der Waals surface area contributed by atoms with E-state index in [1.807, 2.05) is 66.5 Å². The monoisotopic (exact) mass is 564 g/mol. The number of ether oxygens (including phenoxy) is 1. The van der Waals surface area contributed by atoms with Crippen molar-refractivity contribution < 1.29 is 19.1 Å². The van der Waals surface area contributed by atoms with Gasteiger partial charge in [0.15, 0.2) is 0 Å². The number of carbonyl (C=O) groups is 3. The fourth-order valence-electron chi connectivity index (χ4n) is 4.99.